The molecule has 4 nitrogen and oxygen atoms in total. The van der Waals surface area contributed by atoms with Crippen molar-refractivity contribution in [1.29, 1.82) is 0 Å². The van der Waals surface area contributed by atoms with E-state index < -0.39 is 0 Å². The Morgan fingerprint density at radius 1 is 1.11 bits per heavy atom. The van der Waals surface area contributed by atoms with E-state index in [0.717, 1.165) is 36.8 Å². The first kappa shape index (κ1) is 11.0. The van der Waals surface area contributed by atoms with Gasteiger partial charge < -0.3 is 10.2 Å². The maximum atomic E-state index is 12.6. The number of amides is 2. The van der Waals surface area contributed by atoms with Gasteiger partial charge in [0.15, 0.2) is 0 Å². The van der Waals surface area contributed by atoms with Gasteiger partial charge in [0.05, 0.1) is 5.92 Å². The number of nitrogens with one attached hydrogen (secondary N) is 1. The highest BCUT2D eigenvalue weighted by molar-refractivity contribution is 6.01. The maximum absolute atomic E-state index is 12.6. The van der Waals surface area contributed by atoms with Crippen LogP contribution < -0.4 is 5.32 Å². The van der Waals surface area contributed by atoms with Crippen LogP contribution in [0.1, 0.15) is 47.8 Å². The third kappa shape index (κ3) is 1.40. The van der Waals surface area contributed by atoms with Crippen molar-refractivity contribution >= 4 is 11.8 Å². The lowest BCUT2D eigenvalue weighted by molar-refractivity contribution is -0.135. The molecule has 2 fully saturated rings. The van der Waals surface area contributed by atoms with Gasteiger partial charge in [0.2, 0.25) is 5.91 Å². The number of nitrogens with zero attached hydrogens (tertiary/aromatic N) is 1. The molecule has 2 amide bonds. The van der Waals surface area contributed by atoms with Crippen LogP contribution in [-0.4, -0.2) is 22.8 Å². The van der Waals surface area contributed by atoms with Gasteiger partial charge in [-0.15, -0.1) is 0 Å². The maximum Gasteiger partial charge on any atom is 0.256 e. The number of benzene rings is 1. The summed E-state index contributed by atoms with van der Waals surface area (Å²) in [5, 5.41) is 3.03. The summed E-state index contributed by atoms with van der Waals surface area (Å²) in [7, 11) is 0. The fourth-order valence-electron chi connectivity index (χ4n) is 3.82. The van der Waals surface area contributed by atoms with Crippen LogP contribution in [0.5, 0.6) is 0 Å². The Kier molecular flexibility index (Phi) is 2.22. The van der Waals surface area contributed by atoms with Crippen molar-refractivity contribution in [2.75, 3.05) is 0 Å². The second-order valence-electron chi connectivity index (χ2n) is 5.67. The van der Waals surface area contributed by atoms with Crippen molar-refractivity contribution in [2.45, 2.75) is 37.9 Å². The second kappa shape index (κ2) is 3.83. The summed E-state index contributed by atoms with van der Waals surface area (Å²) in [6.45, 7) is 0. The van der Waals surface area contributed by atoms with Gasteiger partial charge in [-0.1, -0.05) is 31.0 Å². The molecule has 1 aromatic carbocycles. The monoisotopic (exact) mass is 256 g/mol. The van der Waals surface area contributed by atoms with Gasteiger partial charge in [0.25, 0.3) is 5.91 Å². The average molecular weight is 256 g/mol. The molecule has 3 aliphatic rings. The van der Waals surface area contributed by atoms with E-state index in [1.54, 1.807) is 0 Å². The van der Waals surface area contributed by atoms with E-state index in [-0.39, 0.29) is 29.9 Å². The number of hydrogen-bond donors (Lipinski definition) is 1. The van der Waals surface area contributed by atoms with Crippen LogP contribution in [0.3, 0.4) is 0 Å². The predicted molar refractivity (Wildman–Crippen MR) is 69.2 cm³/mol. The quantitative estimate of drug-likeness (QED) is 0.770. The zero-order valence-electron chi connectivity index (χ0n) is 10.6. The summed E-state index contributed by atoms with van der Waals surface area (Å²) in [6, 6.07) is 7.71. The average Bonchev–Trinajstić information content (AvgIpc) is 2.73. The van der Waals surface area contributed by atoms with Gasteiger partial charge in [0.1, 0.15) is 6.17 Å². The third-order valence-electron chi connectivity index (χ3n) is 4.70. The van der Waals surface area contributed by atoms with Crippen LogP contribution in [0.15, 0.2) is 24.3 Å². The lowest BCUT2D eigenvalue weighted by atomic mass is 9.81. The minimum absolute atomic E-state index is 0.0109. The Labute approximate surface area is 111 Å². The van der Waals surface area contributed by atoms with Crippen molar-refractivity contribution in [1.82, 2.24) is 10.2 Å². The molecule has 0 spiro atoms. The van der Waals surface area contributed by atoms with Crippen molar-refractivity contribution in [3.05, 3.63) is 35.4 Å². The first-order chi connectivity index (χ1) is 9.27. The standard InChI is InChI=1S/C15H16N2O2/c18-14-11-7-3-4-8-12(11)17-13(16-14)9-5-1-2-6-10(9)15(17)19/h1-2,5-6,11-13H,3-4,7-8H2,(H,16,18)/t11-,12-,13-/m0/s1. The SMILES string of the molecule is O=C1N[C@@H]2c3ccccc3C(=O)N2[C@H]2CCCC[C@H]12. The summed E-state index contributed by atoms with van der Waals surface area (Å²) in [5.41, 5.74) is 1.70. The molecule has 2 aliphatic heterocycles. The molecule has 0 aromatic heterocycles. The summed E-state index contributed by atoms with van der Waals surface area (Å²) < 4.78 is 0. The van der Waals surface area contributed by atoms with Gasteiger partial charge in [0, 0.05) is 17.2 Å². The number of fused-ring (bicyclic) bond motifs is 5. The predicted octanol–water partition coefficient (Wildman–Crippen LogP) is 1.83. The van der Waals surface area contributed by atoms with E-state index in [4.69, 9.17) is 0 Å². The molecule has 4 rings (SSSR count). The number of rotatable bonds is 0. The highest BCUT2D eigenvalue weighted by atomic mass is 16.2. The lowest BCUT2D eigenvalue weighted by Gasteiger charge is -2.45. The summed E-state index contributed by atoms with van der Waals surface area (Å²) in [5.74, 6) is 0.191. The Balaban J connectivity index is 1.80. The van der Waals surface area contributed by atoms with Crippen LogP contribution in [0, 0.1) is 5.92 Å². The molecule has 1 aromatic rings. The molecule has 0 bridgehead atoms. The zero-order valence-corrected chi connectivity index (χ0v) is 10.6. The fourth-order valence-corrected chi connectivity index (χ4v) is 3.82. The number of hydrogen-bond acceptors (Lipinski definition) is 2. The van der Waals surface area contributed by atoms with Crippen LogP contribution in [0.2, 0.25) is 0 Å². The minimum Gasteiger partial charge on any atom is -0.332 e. The van der Waals surface area contributed by atoms with Gasteiger partial charge >= 0.3 is 0 Å². The van der Waals surface area contributed by atoms with E-state index in [1.165, 1.54) is 0 Å². The summed E-state index contributed by atoms with van der Waals surface area (Å²) >= 11 is 0. The van der Waals surface area contributed by atoms with Crippen LogP contribution in [0.4, 0.5) is 0 Å². The van der Waals surface area contributed by atoms with Gasteiger partial charge in [-0.05, 0) is 18.9 Å². The normalized spacial score (nSPS) is 32.4. The Bertz CT molecular complexity index is 569. The molecule has 98 valence electrons. The van der Waals surface area contributed by atoms with Gasteiger partial charge in [-0.2, -0.15) is 0 Å². The first-order valence-electron chi connectivity index (χ1n) is 6.99. The molecule has 19 heavy (non-hydrogen) atoms. The van der Waals surface area contributed by atoms with E-state index in [0.29, 0.717) is 0 Å². The molecule has 3 atom stereocenters. The largest absolute Gasteiger partial charge is 0.332 e. The van der Waals surface area contributed by atoms with Crippen LogP contribution >= 0.6 is 0 Å². The fraction of sp³-hybridized carbons (Fsp3) is 0.467. The van der Waals surface area contributed by atoms with Crippen LogP contribution in [0.25, 0.3) is 0 Å². The van der Waals surface area contributed by atoms with E-state index in [1.807, 2.05) is 29.2 Å². The molecule has 1 saturated carbocycles. The molecule has 4 heteroatoms. The summed E-state index contributed by atoms with van der Waals surface area (Å²) in [6.07, 6.45) is 3.82. The molecule has 0 radical (unpaired) electrons. The topological polar surface area (TPSA) is 49.4 Å². The highest BCUT2D eigenvalue weighted by Gasteiger charge is 2.50. The molecule has 0 unspecified atom stereocenters. The molecule has 1 saturated heterocycles. The lowest BCUT2D eigenvalue weighted by Crippen LogP contribution is -2.58. The highest BCUT2D eigenvalue weighted by Crippen LogP contribution is 2.42. The van der Waals surface area contributed by atoms with Crippen molar-refractivity contribution in [3.8, 4) is 0 Å². The molecule has 1 aliphatic carbocycles. The van der Waals surface area contributed by atoms with Crippen molar-refractivity contribution in [3.63, 3.8) is 0 Å². The summed E-state index contributed by atoms with van der Waals surface area (Å²) in [4.78, 5) is 26.7. The second-order valence-corrected chi connectivity index (χ2v) is 5.67. The van der Waals surface area contributed by atoms with E-state index in [9.17, 15) is 9.59 Å². The van der Waals surface area contributed by atoms with Gasteiger partial charge in [-0.3, -0.25) is 9.59 Å². The molecular weight excluding hydrogens is 240 g/mol. The van der Waals surface area contributed by atoms with Crippen molar-refractivity contribution < 1.29 is 9.59 Å². The smallest absolute Gasteiger partial charge is 0.256 e. The molecule has 1 N–H and O–H groups in total. The first-order valence-corrected chi connectivity index (χ1v) is 6.99. The Hall–Kier alpha value is -1.84. The number of carbonyl (C=O) groups is 2. The van der Waals surface area contributed by atoms with E-state index in [2.05, 4.69) is 5.32 Å². The molecule has 2 heterocycles. The minimum atomic E-state index is -0.240. The number of carbonyl (C=O) groups excluding carboxylic acids is 2. The van der Waals surface area contributed by atoms with Crippen LogP contribution in [-0.2, 0) is 4.79 Å². The van der Waals surface area contributed by atoms with E-state index >= 15 is 0 Å². The Morgan fingerprint density at radius 2 is 1.89 bits per heavy atom. The van der Waals surface area contributed by atoms with Crippen molar-refractivity contribution in [2.24, 2.45) is 5.92 Å². The third-order valence-corrected chi connectivity index (χ3v) is 4.70. The zero-order chi connectivity index (χ0) is 13.0. The molecular formula is C15H16N2O2. The Morgan fingerprint density at radius 3 is 2.79 bits per heavy atom. The van der Waals surface area contributed by atoms with Gasteiger partial charge in [-0.25, -0.2) is 0 Å².